The van der Waals surface area contributed by atoms with Crippen LogP contribution in [0.25, 0.3) is 11.1 Å². The Morgan fingerprint density at radius 2 is 1.52 bits per heavy atom. The third kappa shape index (κ3) is 8.07. The lowest BCUT2D eigenvalue weighted by Crippen LogP contribution is -2.46. The van der Waals surface area contributed by atoms with Crippen LogP contribution in [0, 0.1) is 5.92 Å². The molecule has 3 aromatic carbocycles. The summed E-state index contributed by atoms with van der Waals surface area (Å²) in [7, 11) is 0. The van der Waals surface area contributed by atoms with E-state index in [1.807, 2.05) is 30.3 Å². The van der Waals surface area contributed by atoms with E-state index in [0.29, 0.717) is 18.4 Å². The fourth-order valence-electron chi connectivity index (χ4n) is 4.85. The summed E-state index contributed by atoms with van der Waals surface area (Å²) in [6.07, 6.45) is -0.879. The monoisotopic (exact) mass is 623 g/mol. The number of carboxylic acid groups (broad SMARTS) is 1. The van der Waals surface area contributed by atoms with Crippen LogP contribution in [0.15, 0.2) is 60.7 Å². The molecule has 42 heavy (non-hydrogen) atoms. The van der Waals surface area contributed by atoms with Crippen molar-refractivity contribution >= 4 is 52.5 Å². The van der Waals surface area contributed by atoms with Gasteiger partial charge in [-0.2, -0.15) is 0 Å². The first-order valence-corrected chi connectivity index (χ1v) is 13.7. The van der Waals surface area contributed by atoms with E-state index >= 15 is 0 Å². The zero-order chi connectivity index (χ0) is 30.4. The molecule has 0 heterocycles. The van der Waals surface area contributed by atoms with E-state index in [1.165, 1.54) is 6.07 Å². The number of urea groups is 1. The maximum Gasteiger partial charge on any atom is 0.573 e. The van der Waals surface area contributed by atoms with Crippen LogP contribution < -0.4 is 20.7 Å². The number of halogens is 5. The third-order valence-corrected chi connectivity index (χ3v) is 7.38. The summed E-state index contributed by atoms with van der Waals surface area (Å²) >= 11 is 12.1. The third-order valence-electron chi connectivity index (χ3n) is 6.78. The lowest BCUT2D eigenvalue weighted by atomic mass is 9.83. The SMILES string of the molecule is O=C(Nc1cc(-c2ccccc2)ccc1C(=O)N[C@H](C(=O)O)C1CCCCC1)Nc1c(Cl)cc(OC(F)(F)F)cc1Cl. The first kappa shape index (κ1) is 31.0. The van der Waals surface area contributed by atoms with Crippen molar-refractivity contribution in [1.29, 1.82) is 0 Å². The molecule has 1 aliphatic carbocycles. The molecule has 4 N–H and O–H groups in total. The van der Waals surface area contributed by atoms with E-state index in [9.17, 15) is 32.7 Å². The average molecular weight is 624 g/mol. The van der Waals surface area contributed by atoms with Crippen molar-refractivity contribution in [2.24, 2.45) is 5.92 Å². The predicted octanol–water partition coefficient (Wildman–Crippen LogP) is 7.97. The van der Waals surface area contributed by atoms with Gasteiger partial charge in [0.15, 0.2) is 0 Å². The Morgan fingerprint density at radius 3 is 2.12 bits per heavy atom. The molecule has 1 aliphatic rings. The van der Waals surface area contributed by atoms with Gasteiger partial charge in [-0.1, -0.05) is 78.9 Å². The minimum Gasteiger partial charge on any atom is -0.480 e. The molecule has 1 fully saturated rings. The highest BCUT2D eigenvalue weighted by molar-refractivity contribution is 6.40. The Labute approximate surface area is 249 Å². The highest BCUT2D eigenvalue weighted by atomic mass is 35.5. The fourth-order valence-corrected chi connectivity index (χ4v) is 5.41. The summed E-state index contributed by atoms with van der Waals surface area (Å²) in [6.45, 7) is 0. The molecule has 222 valence electrons. The van der Waals surface area contributed by atoms with Gasteiger partial charge in [0, 0.05) is 12.1 Å². The normalized spacial score (nSPS) is 14.5. The van der Waals surface area contributed by atoms with E-state index < -0.39 is 36.1 Å². The van der Waals surface area contributed by atoms with E-state index in [0.717, 1.165) is 37.0 Å². The second-order valence-electron chi connectivity index (χ2n) is 9.70. The maximum atomic E-state index is 13.4. The molecule has 0 spiro atoms. The summed E-state index contributed by atoms with van der Waals surface area (Å²) in [5.41, 5.74) is 1.28. The number of rotatable bonds is 8. The zero-order valence-electron chi connectivity index (χ0n) is 21.9. The number of carbonyl (C=O) groups excluding carboxylic acids is 2. The van der Waals surface area contributed by atoms with Gasteiger partial charge < -0.3 is 25.8 Å². The van der Waals surface area contributed by atoms with Gasteiger partial charge >= 0.3 is 18.4 Å². The first-order chi connectivity index (χ1) is 19.9. The number of alkyl halides is 3. The number of nitrogens with one attached hydrogen (secondary N) is 3. The Balaban J connectivity index is 1.61. The zero-order valence-corrected chi connectivity index (χ0v) is 23.4. The van der Waals surface area contributed by atoms with Gasteiger partial charge in [-0.05, 0) is 42.0 Å². The van der Waals surface area contributed by atoms with E-state index in [4.69, 9.17) is 23.2 Å². The van der Waals surface area contributed by atoms with Crippen LogP contribution in [0.5, 0.6) is 5.75 Å². The van der Waals surface area contributed by atoms with Gasteiger partial charge in [-0.25, -0.2) is 9.59 Å². The molecule has 0 aromatic heterocycles. The van der Waals surface area contributed by atoms with Crippen molar-refractivity contribution in [3.63, 3.8) is 0 Å². The molecule has 4 rings (SSSR count). The second kappa shape index (κ2) is 13.3. The van der Waals surface area contributed by atoms with Crippen LogP contribution in [-0.2, 0) is 4.79 Å². The van der Waals surface area contributed by atoms with Gasteiger partial charge in [-0.3, -0.25) is 4.79 Å². The number of ether oxygens (including phenoxy) is 1. The van der Waals surface area contributed by atoms with Gasteiger partial charge in [0.05, 0.1) is 27.0 Å². The van der Waals surface area contributed by atoms with Crippen LogP contribution in [-0.4, -0.2) is 35.4 Å². The molecule has 13 heteroatoms. The van der Waals surface area contributed by atoms with Crippen molar-refractivity contribution in [1.82, 2.24) is 5.32 Å². The second-order valence-corrected chi connectivity index (χ2v) is 10.5. The molecule has 0 unspecified atom stereocenters. The van der Waals surface area contributed by atoms with Crippen LogP contribution in [0.3, 0.4) is 0 Å². The number of aliphatic carboxylic acids is 1. The smallest absolute Gasteiger partial charge is 0.480 e. The minimum absolute atomic E-state index is 0.00184. The quantitative estimate of drug-likeness (QED) is 0.203. The summed E-state index contributed by atoms with van der Waals surface area (Å²) < 4.78 is 41.6. The van der Waals surface area contributed by atoms with Gasteiger partial charge in [-0.15, -0.1) is 13.2 Å². The summed E-state index contributed by atoms with van der Waals surface area (Å²) in [5.74, 6) is -2.75. The minimum atomic E-state index is -4.98. The molecular formula is C29H26Cl2F3N3O5. The number of carboxylic acids is 1. The molecule has 1 atom stereocenters. The Kier molecular flexibility index (Phi) is 9.85. The Bertz CT molecular complexity index is 1440. The Morgan fingerprint density at radius 1 is 0.881 bits per heavy atom. The number of carbonyl (C=O) groups is 3. The highest BCUT2D eigenvalue weighted by Crippen LogP contribution is 2.37. The Hall–Kier alpha value is -3.96. The number of benzene rings is 3. The molecule has 8 nitrogen and oxygen atoms in total. The average Bonchev–Trinajstić information content (AvgIpc) is 2.93. The first-order valence-electron chi connectivity index (χ1n) is 13.0. The number of hydrogen-bond donors (Lipinski definition) is 4. The molecule has 0 saturated heterocycles. The highest BCUT2D eigenvalue weighted by Gasteiger charge is 2.33. The van der Waals surface area contributed by atoms with Gasteiger partial charge in [0.2, 0.25) is 0 Å². The molecule has 0 radical (unpaired) electrons. The topological polar surface area (TPSA) is 117 Å². The summed E-state index contributed by atoms with van der Waals surface area (Å²) in [5, 5.41) is 16.7. The molecule has 0 bridgehead atoms. The molecule has 3 aromatic rings. The van der Waals surface area contributed by atoms with Gasteiger partial charge in [0.25, 0.3) is 5.91 Å². The number of anilines is 2. The van der Waals surface area contributed by atoms with Gasteiger partial charge in [0.1, 0.15) is 11.8 Å². The number of hydrogen-bond acceptors (Lipinski definition) is 4. The molecule has 0 aliphatic heterocycles. The number of amides is 3. The van der Waals surface area contributed by atoms with E-state index in [1.54, 1.807) is 12.1 Å². The van der Waals surface area contributed by atoms with Crippen LogP contribution in [0.4, 0.5) is 29.3 Å². The van der Waals surface area contributed by atoms with Crippen molar-refractivity contribution in [2.75, 3.05) is 10.6 Å². The molecule has 3 amide bonds. The van der Waals surface area contributed by atoms with E-state index in [-0.39, 0.29) is 32.9 Å². The summed E-state index contributed by atoms with van der Waals surface area (Å²) in [6, 6.07) is 13.4. The van der Waals surface area contributed by atoms with Crippen molar-refractivity contribution in [3.8, 4) is 16.9 Å². The van der Waals surface area contributed by atoms with Crippen LogP contribution >= 0.6 is 23.2 Å². The standard InChI is InChI=1S/C29H26Cl2F3N3O5/c30-21-14-19(42-29(32,33)34)15-22(31)25(21)37-28(41)35-23-13-18(16-7-3-1-4-8-16)11-12-20(23)26(38)36-24(27(39)40)17-9-5-2-6-10-17/h1,3-4,7-8,11-15,17,24H,2,5-6,9-10H2,(H,36,38)(H,39,40)(H2,35,37,41)/t24-/m0/s1. The van der Waals surface area contributed by atoms with Crippen molar-refractivity contribution in [2.45, 2.75) is 44.5 Å². The van der Waals surface area contributed by atoms with Crippen molar-refractivity contribution in [3.05, 3.63) is 76.3 Å². The largest absolute Gasteiger partial charge is 0.573 e. The molecular weight excluding hydrogens is 598 g/mol. The molecule has 1 saturated carbocycles. The predicted molar refractivity (Wildman–Crippen MR) is 153 cm³/mol. The van der Waals surface area contributed by atoms with E-state index in [2.05, 4.69) is 20.7 Å². The lowest BCUT2D eigenvalue weighted by Gasteiger charge is -2.28. The maximum absolute atomic E-state index is 13.4. The lowest BCUT2D eigenvalue weighted by molar-refractivity contribution is -0.274. The summed E-state index contributed by atoms with van der Waals surface area (Å²) in [4.78, 5) is 38.4. The van der Waals surface area contributed by atoms with Crippen molar-refractivity contribution < 1.29 is 37.4 Å². The fraction of sp³-hybridized carbons (Fsp3) is 0.276. The van der Waals surface area contributed by atoms with Crippen LogP contribution in [0.1, 0.15) is 42.5 Å². The van der Waals surface area contributed by atoms with Crippen LogP contribution in [0.2, 0.25) is 10.0 Å².